The molecule has 0 amide bonds. The number of aromatic nitrogens is 1. The van der Waals surface area contributed by atoms with Crippen LogP contribution in [0.2, 0.25) is 0 Å². The minimum atomic E-state index is -4.32. The van der Waals surface area contributed by atoms with Gasteiger partial charge in [-0.1, -0.05) is 6.92 Å². The van der Waals surface area contributed by atoms with Crippen LogP contribution in [-0.2, 0) is 6.18 Å². The van der Waals surface area contributed by atoms with Gasteiger partial charge in [-0.3, -0.25) is 0 Å². The second-order valence-corrected chi connectivity index (χ2v) is 3.60. The number of nitrogens with one attached hydrogen (secondary N) is 2. The van der Waals surface area contributed by atoms with Crippen molar-refractivity contribution in [2.75, 3.05) is 25.0 Å². The molecule has 0 fully saturated rings. The summed E-state index contributed by atoms with van der Waals surface area (Å²) in [6, 6.07) is 1.97. The SMILES string of the molecule is CCCNCCNc1cc(C(F)(F)F)ccn1. The van der Waals surface area contributed by atoms with E-state index in [1.54, 1.807) is 0 Å². The first-order chi connectivity index (χ1) is 8.04. The Morgan fingerprint density at radius 2 is 2.00 bits per heavy atom. The van der Waals surface area contributed by atoms with Gasteiger partial charge in [-0.25, -0.2) is 4.98 Å². The molecule has 0 atom stereocenters. The molecule has 2 N–H and O–H groups in total. The zero-order valence-electron chi connectivity index (χ0n) is 9.64. The van der Waals surface area contributed by atoms with Crippen LogP contribution in [0.15, 0.2) is 18.3 Å². The molecule has 0 aliphatic carbocycles. The molecule has 0 aromatic carbocycles. The first-order valence-electron chi connectivity index (χ1n) is 5.52. The maximum Gasteiger partial charge on any atom is 0.416 e. The zero-order chi connectivity index (χ0) is 12.7. The zero-order valence-corrected chi connectivity index (χ0v) is 9.64. The average molecular weight is 247 g/mol. The van der Waals surface area contributed by atoms with Gasteiger partial charge in [0.2, 0.25) is 0 Å². The van der Waals surface area contributed by atoms with Crippen molar-refractivity contribution in [3.8, 4) is 0 Å². The molecule has 1 rings (SSSR count). The maximum absolute atomic E-state index is 12.4. The minimum absolute atomic E-state index is 0.248. The van der Waals surface area contributed by atoms with Crippen LogP contribution in [-0.4, -0.2) is 24.6 Å². The highest BCUT2D eigenvalue weighted by Gasteiger charge is 2.30. The quantitative estimate of drug-likeness (QED) is 0.758. The molecule has 0 unspecified atom stereocenters. The van der Waals surface area contributed by atoms with E-state index in [1.807, 2.05) is 0 Å². The van der Waals surface area contributed by atoms with Crippen molar-refractivity contribution >= 4 is 5.82 Å². The summed E-state index contributed by atoms with van der Waals surface area (Å²) >= 11 is 0. The number of hydrogen-bond donors (Lipinski definition) is 2. The molecule has 0 bridgehead atoms. The third-order valence-electron chi connectivity index (χ3n) is 2.12. The fourth-order valence-electron chi connectivity index (χ4n) is 1.28. The Bertz CT molecular complexity index is 339. The summed E-state index contributed by atoms with van der Waals surface area (Å²) in [7, 11) is 0. The van der Waals surface area contributed by atoms with Crippen LogP contribution in [0.25, 0.3) is 0 Å². The highest BCUT2D eigenvalue weighted by atomic mass is 19.4. The van der Waals surface area contributed by atoms with Crippen LogP contribution < -0.4 is 10.6 Å². The lowest BCUT2D eigenvalue weighted by atomic mass is 10.2. The summed E-state index contributed by atoms with van der Waals surface area (Å²) in [4.78, 5) is 3.83. The highest BCUT2D eigenvalue weighted by molar-refractivity contribution is 5.38. The average Bonchev–Trinajstić information content (AvgIpc) is 2.28. The summed E-state index contributed by atoms with van der Waals surface area (Å²) in [6.07, 6.45) is -2.13. The lowest BCUT2D eigenvalue weighted by Crippen LogP contribution is -2.23. The number of nitrogens with zero attached hydrogens (tertiary/aromatic N) is 1. The Kier molecular flexibility index (Phi) is 5.21. The number of rotatable bonds is 6. The number of pyridine rings is 1. The normalized spacial score (nSPS) is 11.5. The predicted molar refractivity (Wildman–Crippen MR) is 60.9 cm³/mol. The summed E-state index contributed by atoms with van der Waals surface area (Å²) in [5, 5.41) is 5.98. The molecular weight excluding hydrogens is 231 g/mol. The lowest BCUT2D eigenvalue weighted by molar-refractivity contribution is -0.137. The molecule has 1 heterocycles. The third kappa shape index (κ3) is 5.04. The largest absolute Gasteiger partial charge is 0.416 e. The van der Waals surface area contributed by atoms with Gasteiger partial charge in [-0.15, -0.1) is 0 Å². The summed E-state index contributed by atoms with van der Waals surface area (Å²) < 4.78 is 37.2. The molecule has 0 aliphatic rings. The van der Waals surface area contributed by atoms with E-state index in [-0.39, 0.29) is 5.82 Å². The molecular formula is C11H16F3N3. The molecule has 1 aromatic heterocycles. The van der Waals surface area contributed by atoms with Crippen molar-refractivity contribution in [3.05, 3.63) is 23.9 Å². The van der Waals surface area contributed by atoms with Gasteiger partial charge in [0, 0.05) is 19.3 Å². The predicted octanol–water partition coefficient (Wildman–Crippen LogP) is 2.51. The van der Waals surface area contributed by atoms with E-state index in [2.05, 4.69) is 22.5 Å². The van der Waals surface area contributed by atoms with E-state index < -0.39 is 11.7 Å². The molecule has 0 spiro atoms. The third-order valence-corrected chi connectivity index (χ3v) is 2.12. The smallest absolute Gasteiger partial charge is 0.369 e. The van der Waals surface area contributed by atoms with Crippen LogP contribution in [0.4, 0.5) is 19.0 Å². The van der Waals surface area contributed by atoms with Crippen molar-refractivity contribution in [1.82, 2.24) is 10.3 Å². The van der Waals surface area contributed by atoms with E-state index in [0.717, 1.165) is 31.3 Å². The Labute approximate surface area is 98.4 Å². The van der Waals surface area contributed by atoms with Crippen molar-refractivity contribution < 1.29 is 13.2 Å². The van der Waals surface area contributed by atoms with E-state index >= 15 is 0 Å². The highest BCUT2D eigenvalue weighted by Crippen LogP contribution is 2.29. The monoisotopic (exact) mass is 247 g/mol. The molecule has 0 aliphatic heterocycles. The van der Waals surface area contributed by atoms with E-state index in [9.17, 15) is 13.2 Å². The summed E-state index contributed by atoms with van der Waals surface area (Å²) in [5.74, 6) is 0.248. The van der Waals surface area contributed by atoms with E-state index in [1.165, 1.54) is 0 Å². The Balaban J connectivity index is 2.44. The van der Waals surface area contributed by atoms with E-state index in [0.29, 0.717) is 13.1 Å². The Morgan fingerprint density at radius 3 is 2.65 bits per heavy atom. The molecule has 17 heavy (non-hydrogen) atoms. The fourth-order valence-corrected chi connectivity index (χ4v) is 1.28. The van der Waals surface area contributed by atoms with Gasteiger partial charge in [-0.2, -0.15) is 13.2 Å². The first kappa shape index (κ1) is 13.8. The van der Waals surface area contributed by atoms with Crippen LogP contribution in [0, 0.1) is 0 Å². The van der Waals surface area contributed by atoms with Gasteiger partial charge < -0.3 is 10.6 Å². The van der Waals surface area contributed by atoms with Gasteiger partial charge in [0.1, 0.15) is 5.82 Å². The standard InChI is InChI=1S/C11H16F3N3/c1-2-4-15-6-7-17-10-8-9(3-5-16-10)11(12,13)14/h3,5,8,15H,2,4,6-7H2,1H3,(H,16,17). The van der Waals surface area contributed by atoms with Gasteiger partial charge in [0.25, 0.3) is 0 Å². The van der Waals surface area contributed by atoms with E-state index in [4.69, 9.17) is 0 Å². The molecule has 1 aromatic rings. The molecule has 3 nitrogen and oxygen atoms in total. The second kappa shape index (κ2) is 6.44. The van der Waals surface area contributed by atoms with Gasteiger partial charge in [0.15, 0.2) is 0 Å². The number of anilines is 1. The van der Waals surface area contributed by atoms with Crippen LogP contribution >= 0.6 is 0 Å². The van der Waals surface area contributed by atoms with Gasteiger partial charge >= 0.3 is 6.18 Å². The maximum atomic E-state index is 12.4. The number of hydrogen-bond acceptors (Lipinski definition) is 3. The number of alkyl halides is 3. The van der Waals surface area contributed by atoms with Gasteiger partial charge in [0.05, 0.1) is 5.56 Å². The van der Waals surface area contributed by atoms with Gasteiger partial charge in [-0.05, 0) is 25.1 Å². The fraction of sp³-hybridized carbons (Fsp3) is 0.545. The number of halogens is 3. The Morgan fingerprint density at radius 1 is 1.24 bits per heavy atom. The Hall–Kier alpha value is -1.30. The van der Waals surface area contributed by atoms with Crippen LogP contribution in [0.5, 0.6) is 0 Å². The van der Waals surface area contributed by atoms with Crippen molar-refractivity contribution in [1.29, 1.82) is 0 Å². The molecule has 6 heteroatoms. The lowest BCUT2D eigenvalue weighted by Gasteiger charge is -2.09. The van der Waals surface area contributed by atoms with Crippen molar-refractivity contribution in [3.63, 3.8) is 0 Å². The first-order valence-corrected chi connectivity index (χ1v) is 5.52. The minimum Gasteiger partial charge on any atom is -0.369 e. The molecule has 0 radical (unpaired) electrons. The van der Waals surface area contributed by atoms with Crippen LogP contribution in [0.1, 0.15) is 18.9 Å². The second-order valence-electron chi connectivity index (χ2n) is 3.60. The van der Waals surface area contributed by atoms with Crippen molar-refractivity contribution in [2.45, 2.75) is 19.5 Å². The molecule has 96 valence electrons. The topological polar surface area (TPSA) is 37.0 Å². The summed E-state index contributed by atoms with van der Waals surface area (Å²) in [6.45, 7) is 4.20. The molecule has 0 saturated carbocycles. The molecule has 0 saturated heterocycles. The van der Waals surface area contributed by atoms with Crippen molar-refractivity contribution in [2.24, 2.45) is 0 Å². The van der Waals surface area contributed by atoms with Crippen LogP contribution in [0.3, 0.4) is 0 Å². The summed E-state index contributed by atoms with van der Waals surface area (Å²) in [5.41, 5.74) is -0.684.